The number of piperidine rings is 1. The summed E-state index contributed by atoms with van der Waals surface area (Å²) in [6, 6.07) is 0. The van der Waals surface area contributed by atoms with Gasteiger partial charge in [-0.2, -0.15) is 0 Å². The van der Waals surface area contributed by atoms with E-state index < -0.39 is 0 Å². The number of anilines is 1. The molecule has 5 heteroatoms. The van der Waals surface area contributed by atoms with Gasteiger partial charge in [0, 0.05) is 25.9 Å². The first-order valence-corrected chi connectivity index (χ1v) is 6.71. The minimum atomic E-state index is 0.351. The van der Waals surface area contributed by atoms with Crippen LogP contribution in [0.5, 0.6) is 0 Å². The second-order valence-electron chi connectivity index (χ2n) is 3.86. The fraction of sp³-hybridized carbons (Fsp3) is 0.636. The van der Waals surface area contributed by atoms with Gasteiger partial charge in [-0.25, -0.2) is 9.97 Å². The largest absolute Gasteiger partial charge is 0.377 e. The molecule has 1 atom stereocenters. The topological polar surface area (TPSA) is 38.2 Å². The second kappa shape index (κ2) is 5.77. The Labute approximate surface area is 110 Å². The van der Waals surface area contributed by atoms with Gasteiger partial charge in [0.15, 0.2) is 0 Å². The van der Waals surface area contributed by atoms with Crippen molar-refractivity contribution in [1.82, 2.24) is 9.97 Å². The Hall–Kier alpha value is -0.430. The zero-order valence-electron chi connectivity index (χ0n) is 9.40. The fourth-order valence-electron chi connectivity index (χ4n) is 2.04. The highest BCUT2D eigenvalue weighted by Crippen LogP contribution is 2.23. The number of halogens is 1. The molecule has 1 fully saturated rings. The van der Waals surface area contributed by atoms with Gasteiger partial charge in [-0.1, -0.05) is 0 Å². The standard InChI is InChI=1S/C11H16IN3O/c1-2-16-9-4-3-5-15(7-9)11-10(12)6-13-8-14-11/h6,8-9H,2-5,7H2,1H3. The first kappa shape index (κ1) is 12.0. The third-order valence-corrected chi connectivity index (χ3v) is 3.49. The Morgan fingerprint density at radius 3 is 3.25 bits per heavy atom. The van der Waals surface area contributed by atoms with E-state index in [2.05, 4.69) is 37.5 Å². The van der Waals surface area contributed by atoms with Crippen LogP contribution in [0.2, 0.25) is 0 Å². The normalized spacial score (nSPS) is 21.1. The molecule has 4 nitrogen and oxygen atoms in total. The van der Waals surface area contributed by atoms with Crippen LogP contribution in [0.3, 0.4) is 0 Å². The van der Waals surface area contributed by atoms with Gasteiger partial charge >= 0.3 is 0 Å². The van der Waals surface area contributed by atoms with Gasteiger partial charge in [-0.15, -0.1) is 0 Å². The molecule has 0 radical (unpaired) electrons. The molecule has 0 bridgehead atoms. The van der Waals surface area contributed by atoms with Gasteiger partial charge in [0.05, 0.1) is 9.67 Å². The van der Waals surface area contributed by atoms with Crippen LogP contribution in [0.15, 0.2) is 12.5 Å². The van der Waals surface area contributed by atoms with Crippen LogP contribution >= 0.6 is 22.6 Å². The summed E-state index contributed by atoms with van der Waals surface area (Å²) < 4.78 is 6.80. The summed E-state index contributed by atoms with van der Waals surface area (Å²) in [6.07, 6.45) is 6.15. The molecule has 1 unspecified atom stereocenters. The van der Waals surface area contributed by atoms with Crippen molar-refractivity contribution in [3.63, 3.8) is 0 Å². The van der Waals surface area contributed by atoms with Crippen molar-refractivity contribution < 1.29 is 4.74 Å². The van der Waals surface area contributed by atoms with Crippen LogP contribution in [-0.2, 0) is 4.74 Å². The Balaban J connectivity index is 2.07. The number of aromatic nitrogens is 2. The van der Waals surface area contributed by atoms with Crippen molar-refractivity contribution in [2.45, 2.75) is 25.9 Å². The minimum Gasteiger partial charge on any atom is -0.377 e. The number of nitrogens with zero attached hydrogens (tertiary/aromatic N) is 3. The number of hydrogen-bond donors (Lipinski definition) is 0. The van der Waals surface area contributed by atoms with Gasteiger partial charge < -0.3 is 9.64 Å². The molecule has 0 spiro atoms. The highest BCUT2D eigenvalue weighted by atomic mass is 127. The first-order valence-electron chi connectivity index (χ1n) is 5.63. The fourth-order valence-corrected chi connectivity index (χ4v) is 2.68. The van der Waals surface area contributed by atoms with E-state index in [0.717, 1.165) is 35.5 Å². The van der Waals surface area contributed by atoms with Crippen molar-refractivity contribution in [1.29, 1.82) is 0 Å². The van der Waals surface area contributed by atoms with E-state index in [-0.39, 0.29) is 0 Å². The molecule has 1 aromatic heterocycles. The molecule has 1 aliphatic heterocycles. The van der Waals surface area contributed by atoms with Gasteiger partial charge in [-0.05, 0) is 42.4 Å². The lowest BCUT2D eigenvalue weighted by atomic mass is 10.1. The highest BCUT2D eigenvalue weighted by molar-refractivity contribution is 14.1. The van der Waals surface area contributed by atoms with Crippen LogP contribution in [0, 0.1) is 3.57 Å². The van der Waals surface area contributed by atoms with Gasteiger partial charge in [0.25, 0.3) is 0 Å². The third-order valence-electron chi connectivity index (χ3n) is 2.73. The molecule has 16 heavy (non-hydrogen) atoms. The Morgan fingerprint density at radius 1 is 1.62 bits per heavy atom. The van der Waals surface area contributed by atoms with E-state index in [9.17, 15) is 0 Å². The first-order chi connectivity index (χ1) is 7.81. The number of hydrogen-bond acceptors (Lipinski definition) is 4. The molecule has 0 aromatic carbocycles. The zero-order valence-corrected chi connectivity index (χ0v) is 11.6. The molecule has 2 heterocycles. The molecule has 2 rings (SSSR count). The van der Waals surface area contributed by atoms with Crippen LogP contribution in [0.4, 0.5) is 5.82 Å². The Bertz CT molecular complexity index is 346. The van der Waals surface area contributed by atoms with Crippen molar-refractivity contribution in [2.24, 2.45) is 0 Å². The molecule has 88 valence electrons. The van der Waals surface area contributed by atoms with E-state index in [1.165, 1.54) is 6.42 Å². The van der Waals surface area contributed by atoms with Crippen LogP contribution < -0.4 is 4.90 Å². The second-order valence-corrected chi connectivity index (χ2v) is 5.02. The van der Waals surface area contributed by atoms with Gasteiger partial charge in [-0.3, -0.25) is 0 Å². The Morgan fingerprint density at radius 2 is 2.50 bits per heavy atom. The molecule has 0 aliphatic carbocycles. The van der Waals surface area contributed by atoms with E-state index in [1.54, 1.807) is 6.33 Å². The predicted molar refractivity (Wildman–Crippen MR) is 71.6 cm³/mol. The van der Waals surface area contributed by atoms with E-state index in [4.69, 9.17) is 4.74 Å². The monoisotopic (exact) mass is 333 g/mol. The molecular weight excluding hydrogens is 317 g/mol. The highest BCUT2D eigenvalue weighted by Gasteiger charge is 2.22. The zero-order chi connectivity index (χ0) is 11.4. The van der Waals surface area contributed by atoms with E-state index in [0.29, 0.717) is 6.10 Å². The van der Waals surface area contributed by atoms with Crippen LogP contribution in [0.1, 0.15) is 19.8 Å². The average molecular weight is 333 g/mol. The third kappa shape index (κ3) is 2.82. The van der Waals surface area contributed by atoms with Crippen LogP contribution in [0.25, 0.3) is 0 Å². The van der Waals surface area contributed by atoms with E-state index >= 15 is 0 Å². The number of ether oxygens (including phenoxy) is 1. The quantitative estimate of drug-likeness (QED) is 0.794. The lowest BCUT2D eigenvalue weighted by molar-refractivity contribution is 0.0525. The van der Waals surface area contributed by atoms with Crippen molar-refractivity contribution in [2.75, 3.05) is 24.6 Å². The molecule has 0 N–H and O–H groups in total. The van der Waals surface area contributed by atoms with Crippen LogP contribution in [-0.4, -0.2) is 35.8 Å². The summed E-state index contributed by atoms with van der Waals surface area (Å²) in [5.41, 5.74) is 0. The molecule has 1 saturated heterocycles. The minimum absolute atomic E-state index is 0.351. The molecular formula is C11H16IN3O. The summed E-state index contributed by atoms with van der Waals surface area (Å²) >= 11 is 2.28. The smallest absolute Gasteiger partial charge is 0.145 e. The maximum Gasteiger partial charge on any atom is 0.145 e. The average Bonchev–Trinajstić information content (AvgIpc) is 2.30. The summed E-state index contributed by atoms with van der Waals surface area (Å²) in [5.74, 6) is 1.04. The van der Waals surface area contributed by atoms with Gasteiger partial charge in [0.1, 0.15) is 12.1 Å². The maximum atomic E-state index is 5.69. The SMILES string of the molecule is CCOC1CCCN(c2ncncc2I)C1. The van der Waals surface area contributed by atoms with Crippen molar-refractivity contribution in [3.8, 4) is 0 Å². The lowest BCUT2D eigenvalue weighted by Gasteiger charge is -2.33. The van der Waals surface area contributed by atoms with Crippen molar-refractivity contribution in [3.05, 3.63) is 16.1 Å². The van der Waals surface area contributed by atoms with E-state index in [1.807, 2.05) is 13.1 Å². The van der Waals surface area contributed by atoms with Gasteiger partial charge in [0.2, 0.25) is 0 Å². The predicted octanol–water partition coefficient (Wildman–Crippen LogP) is 2.09. The number of rotatable bonds is 3. The lowest BCUT2D eigenvalue weighted by Crippen LogP contribution is -2.40. The molecule has 1 aliphatic rings. The van der Waals surface area contributed by atoms with Crippen molar-refractivity contribution >= 4 is 28.4 Å². The maximum absolute atomic E-state index is 5.69. The Kier molecular flexibility index (Phi) is 4.34. The molecule has 0 saturated carbocycles. The molecule has 1 aromatic rings. The summed E-state index contributed by atoms with van der Waals surface area (Å²) in [7, 11) is 0. The summed E-state index contributed by atoms with van der Waals surface area (Å²) in [6.45, 7) is 4.85. The molecule has 0 amide bonds. The summed E-state index contributed by atoms with van der Waals surface area (Å²) in [4.78, 5) is 10.7. The summed E-state index contributed by atoms with van der Waals surface area (Å²) in [5, 5.41) is 0.